The third-order valence-electron chi connectivity index (χ3n) is 3.66. The van der Waals surface area contributed by atoms with Crippen LogP contribution in [0.5, 0.6) is 0 Å². The van der Waals surface area contributed by atoms with Gasteiger partial charge in [-0.2, -0.15) is 0 Å². The summed E-state index contributed by atoms with van der Waals surface area (Å²) in [5.74, 6) is 0.204. The van der Waals surface area contributed by atoms with Gasteiger partial charge in [-0.25, -0.2) is 9.37 Å². The van der Waals surface area contributed by atoms with E-state index in [1.807, 2.05) is 0 Å². The molecule has 3 N–H and O–H groups in total. The van der Waals surface area contributed by atoms with Gasteiger partial charge in [0.05, 0.1) is 24.1 Å². The molecule has 1 saturated heterocycles. The van der Waals surface area contributed by atoms with Crippen LogP contribution in [0, 0.1) is 5.82 Å². The van der Waals surface area contributed by atoms with Gasteiger partial charge in [-0.3, -0.25) is 14.5 Å². The summed E-state index contributed by atoms with van der Waals surface area (Å²) in [5, 5.41) is 5.52. The summed E-state index contributed by atoms with van der Waals surface area (Å²) in [6.07, 6.45) is 0.530. The molecule has 0 bridgehead atoms. The Morgan fingerprint density at radius 2 is 2.30 bits per heavy atom. The van der Waals surface area contributed by atoms with Gasteiger partial charge >= 0.3 is 0 Å². The summed E-state index contributed by atoms with van der Waals surface area (Å²) in [6, 6.07) is 4.37. The van der Waals surface area contributed by atoms with Crippen molar-refractivity contribution >= 4 is 22.8 Å². The van der Waals surface area contributed by atoms with Crippen molar-refractivity contribution in [3.05, 3.63) is 29.8 Å². The van der Waals surface area contributed by atoms with Gasteiger partial charge in [0.2, 0.25) is 11.8 Å². The number of piperazine rings is 1. The topological polar surface area (TPSA) is 90.1 Å². The normalized spacial score (nSPS) is 15.6. The van der Waals surface area contributed by atoms with Crippen LogP contribution in [0.1, 0.15) is 5.82 Å². The van der Waals surface area contributed by atoms with Gasteiger partial charge in [0.15, 0.2) is 0 Å². The van der Waals surface area contributed by atoms with Crippen LogP contribution in [-0.4, -0.2) is 59.4 Å². The van der Waals surface area contributed by atoms with E-state index in [4.69, 9.17) is 0 Å². The number of benzene rings is 1. The Labute approximate surface area is 132 Å². The van der Waals surface area contributed by atoms with Crippen LogP contribution >= 0.6 is 0 Å². The number of carbonyl (C=O) groups excluding carboxylic acids is 2. The van der Waals surface area contributed by atoms with Crippen LogP contribution in [0.4, 0.5) is 4.39 Å². The Morgan fingerprint density at radius 1 is 1.43 bits per heavy atom. The van der Waals surface area contributed by atoms with Crippen LogP contribution < -0.4 is 10.6 Å². The van der Waals surface area contributed by atoms with Crippen molar-refractivity contribution in [1.82, 2.24) is 25.5 Å². The molecule has 0 atom stereocenters. The van der Waals surface area contributed by atoms with Gasteiger partial charge in [-0.1, -0.05) is 0 Å². The standard InChI is InChI=1S/C15H18FN5O2/c16-10-1-2-11-12(7-10)20-13(19-11)3-4-17-14(22)8-21-6-5-18-15(23)9-21/h1-2,7H,3-6,8-9H2,(H,17,22)(H,18,23)(H,19,20). The molecule has 8 heteroatoms. The first-order chi connectivity index (χ1) is 11.1. The monoisotopic (exact) mass is 319 g/mol. The average molecular weight is 319 g/mol. The minimum Gasteiger partial charge on any atom is -0.355 e. The molecule has 2 amide bonds. The van der Waals surface area contributed by atoms with E-state index in [2.05, 4.69) is 20.6 Å². The fraction of sp³-hybridized carbons (Fsp3) is 0.400. The lowest BCUT2D eigenvalue weighted by molar-refractivity contribution is -0.126. The number of hydrogen-bond acceptors (Lipinski definition) is 4. The van der Waals surface area contributed by atoms with Crippen LogP contribution in [-0.2, 0) is 16.0 Å². The summed E-state index contributed by atoms with van der Waals surface area (Å²) >= 11 is 0. The zero-order chi connectivity index (χ0) is 16.2. The molecule has 1 aromatic carbocycles. The second-order valence-electron chi connectivity index (χ2n) is 5.51. The molecule has 122 valence electrons. The predicted octanol–water partition coefficient (Wildman–Crippen LogP) is -0.207. The lowest BCUT2D eigenvalue weighted by atomic mass is 10.3. The number of rotatable bonds is 5. The lowest BCUT2D eigenvalue weighted by Gasteiger charge is -2.25. The van der Waals surface area contributed by atoms with E-state index in [-0.39, 0.29) is 30.7 Å². The van der Waals surface area contributed by atoms with Crippen molar-refractivity contribution < 1.29 is 14.0 Å². The van der Waals surface area contributed by atoms with Crippen molar-refractivity contribution in [2.24, 2.45) is 0 Å². The van der Waals surface area contributed by atoms with Gasteiger partial charge in [0.25, 0.3) is 0 Å². The Bertz CT molecular complexity index is 730. The number of hydrogen-bond donors (Lipinski definition) is 3. The Hall–Kier alpha value is -2.48. The molecule has 1 aliphatic rings. The first kappa shape index (κ1) is 15.4. The third-order valence-corrected chi connectivity index (χ3v) is 3.66. The molecule has 3 rings (SSSR count). The van der Waals surface area contributed by atoms with E-state index in [0.717, 1.165) is 0 Å². The molecular formula is C15H18FN5O2. The van der Waals surface area contributed by atoms with E-state index < -0.39 is 0 Å². The number of amides is 2. The molecule has 7 nitrogen and oxygen atoms in total. The minimum absolute atomic E-state index is 0.0569. The number of aromatic nitrogens is 2. The molecular weight excluding hydrogens is 301 g/mol. The molecule has 0 aliphatic carbocycles. The summed E-state index contributed by atoms with van der Waals surface area (Å²) in [6.45, 7) is 2.14. The molecule has 0 saturated carbocycles. The maximum absolute atomic E-state index is 13.1. The lowest BCUT2D eigenvalue weighted by Crippen LogP contribution is -2.50. The maximum Gasteiger partial charge on any atom is 0.234 e. The number of nitrogens with zero attached hydrogens (tertiary/aromatic N) is 2. The number of fused-ring (bicyclic) bond motifs is 1. The highest BCUT2D eigenvalue weighted by Crippen LogP contribution is 2.12. The van der Waals surface area contributed by atoms with Gasteiger partial charge in [-0.15, -0.1) is 0 Å². The van der Waals surface area contributed by atoms with Crippen molar-refractivity contribution in [1.29, 1.82) is 0 Å². The first-order valence-electron chi connectivity index (χ1n) is 7.50. The fourth-order valence-electron chi connectivity index (χ4n) is 2.56. The predicted molar refractivity (Wildman–Crippen MR) is 82.2 cm³/mol. The zero-order valence-electron chi connectivity index (χ0n) is 12.6. The van der Waals surface area contributed by atoms with Crippen molar-refractivity contribution in [2.75, 3.05) is 32.7 Å². The summed E-state index contributed by atoms with van der Waals surface area (Å²) < 4.78 is 13.1. The fourth-order valence-corrected chi connectivity index (χ4v) is 2.56. The summed E-state index contributed by atoms with van der Waals surface area (Å²) in [5.41, 5.74) is 1.35. The number of nitrogens with one attached hydrogen (secondary N) is 3. The van der Waals surface area contributed by atoms with Crippen LogP contribution in [0.3, 0.4) is 0 Å². The first-order valence-corrected chi connectivity index (χ1v) is 7.50. The van der Waals surface area contributed by atoms with Crippen LogP contribution in [0.2, 0.25) is 0 Å². The van der Waals surface area contributed by atoms with Gasteiger partial charge in [0.1, 0.15) is 11.6 Å². The molecule has 0 radical (unpaired) electrons. The highest BCUT2D eigenvalue weighted by molar-refractivity contribution is 5.81. The highest BCUT2D eigenvalue weighted by atomic mass is 19.1. The largest absolute Gasteiger partial charge is 0.355 e. The number of halogens is 1. The number of carbonyl (C=O) groups is 2. The average Bonchev–Trinajstić information content (AvgIpc) is 2.89. The van der Waals surface area contributed by atoms with Gasteiger partial charge in [-0.05, 0) is 18.2 Å². The van der Waals surface area contributed by atoms with E-state index in [9.17, 15) is 14.0 Å². The van der Waals surface area contributed by atoms with E-state index >= 15 is 0 Å². The van der Waals surface area contributed by atoms with Crippen LogP contribution in [0.25, 0.3) is 11.0 Å². The molecule has 2 heterocycles. The Balaban J connectivity index is 1.46. The summed E-state index contributed by atoms with van der Waals surface area (Å²) in [7, 11) is 0. The molecule has 2 aromatic rings. The highest BCUT2D eigenvalue weighted by Gasteiger charge is 2.18. The molecule has 1 aromatic heterocycles. The molecule has 1 fully saturated rings. The SMILES string of the molecule is O=C(CN1CCNC(=O)C1)NCCc1nc2ccc(F)cc2[nH]1. The minimum atomic E-state index is -0.313. The second-order valence-corrected chi connectivity index (χ2v) is 5.51. The number of aromatic amines is 1. The Morgan fingerprint density at radius 3 is 3.13 bits per heavy atom. The van der Waals surface area contributed by atoms with Crippen molar-refractivity contribution in [3.63, 3.8) is 0 Å². The molecule has 1 aliphatic heterocycles. The van der Waals surface area contributed by atoms with Crippen molar-refractivity contribution in [3.8, 4) is 0 Å². The Kier molecular flexibility index (Phi) is 4.52. The summed E-state index contributed by atoms with van der Waals surface area (Å²) in [4.78, 5) is 32.3. The van der Waals surface area contributed by atoms with Gasteiger partial charge in [0, 0.05) is 26.1 Å². The van der Waals surface area contributed by atoms with E-state index in [1.165, 1.54) is 12.1 Å². The molecule has 23 heavy (non-hydrogen) atoms. The quantitative estimate of drug-likeness (QED) is 0.711. The molecule has 0 spiro atoms. The van der Waals surface area contributed by atoms with Crippen molar-refractivity contribution in [2.45, 2.75) is 6.42 Å². The molecule has 0 unspecified atom stereocenters. The number of imidazole rings is 1. The van der Waals surface area contributed by atoms with E-state index in [0.29, 0.717) is 42.9 Å². The van der Waals surface area contributed by atoms with Crippen LogP contribution in [0.15, 0.2) is 18.2 Å². The third kappa shape index (κ3) is 4.04. The number of H-pyrrole nitrogens is 1. The smallest absolute Gasteiger partial charge is 0.234 e. The zero-order valence-corrected chi connectivity index (χ0v) is 12.6. The maximum atomic E-state index is 13.1. The second kappa shape index (κ2) is 6.74. The van der Waals surface area contributed by atoms with E-state index in [1.54, 1.807) is 11.0 Å². The van der Waals surface area contributed by atoms with Gasteiger partial charge < -0.3 is 15.6 Å².